The van der Waals surface area contributed by atoms with Crippen molar-refractivity contribution in [1.82, 2.24) is 0 Å². The molecule has 1 rings (SSSR count). The van der Waals surface area contributed by atoms with E-state index in [0.29, 0.717) is 17.5 Å². The van der Waals surface area contributed by atoms with Gasteiger partial charge < -0.3 is 5.41 Å². The summed E-state index contributed by atoms with van der Waals surface area (Å²) in [5.74, 6) is 1.19. The topological polar surface area (TPSA) is 23.9 Å². The van der Waals surface area contributed by atoms with Crippen LogP contribution in [-0.4, -0.2) is 5.71 Å². The second-order valence-electron chi connectivity index (χ2n) is 2.99. The maximum atomic E-state index is 7.25. The second kappa shape index (κ2) is 2.82. The largest absolute Gasteiger partial charge is 0.301 e. The minimum Gasteiger partial charge on any atom is -0.301 e. The molecule has 0 heterocycles. The van der Waals surface area contributed by atoms with Crippen molar-refractivity contribution in [2.45, 2.75) is 13.8 Å². The van der Waals surface area contributed by atoms with Crippen LogP contribution in [0.2, 0.25) is 0 Å². The first-order chi connectivity index (χ1) is 4.70. The third-order valence-corrected chi connectivity index (χ3v) is 1.77. The SMILES string of the molecule is CC(C)C1C=CC(=N)C=C1. The molecule has 10 heavy (non-hydrogen) atoms. The van der Waals surface area contributed by atoms with Crippen molar-refractivity contribution in [1.29, 1.82) is 5.41 Å². The maximum Gasteiger partial charge on any atom is 0.0533 e. The van der Waals surface area contributed by atoms with Crippen LogP contribution in [0, 0.1) is 17.2 Å². The zero-order chi connectivity index (χ0) is 7.56. The third-order valence-electron chi connectivity index (χ3n) is 1.77. The third kappa shape index (κ3) is 1.56. The van der Waals surface area contributed by atoms with Crippen LogP contribution in [0.3, 0.4) is 0 Å². The van der Waals surface area contributed by atoms with Crippen LogP contribution in [0.25, 0.3) is 0 Å². The normalized spacial score (nSPS) is 24.3. The molecule has 0 aromatic carbocycles. The molecule has 1 aliphatic rings. The predicted octanol–water partition coefficient (Wildman–Crippen LogP) is 2.40. The molecule has 1 heteroatoms. The van der Waals surface area contributed by atoms with E-state index in [2.05, 4.69) is 26.0 Å². The van der Waals surface area contributed by atoms with Crippen LogP contribution in [0.4, 0.5) is 0 Å². The molecule has 0 amide bonds. The summed E-state index contributed by atoms with van der Waals surface area (Å²) in [6.07, 6.45) is 7.91. The summed E-state index contributed by atoms with van der Waals surface area (Å²) < 4.78 is 0. The maximum absolute atomic E-state index is 7.25. The monoisotopic (exact) mass is 135 g/mol. The fraction of sp³-hybridized carbons (Fsp3) is 0.444. The molecule has 0 radical (unpaired) electrons. The van der Waals surface area contributed by atoms with Gasteiger partial charge in [0.05, 0.1) is 5.71 Å². The molecule has 0 unspecified atom stereocenters. The van der Waals surface area contributed by atoms with E-state index in [0.717, 1.165) is 0 Å². The zero-order valence-corrected chi connectivity index (χ0v) is 6.46. The van der Waals surface area contributed by atoms with E-state index in [-0.39, 0.29) is 0 Å². The fourth-order valence-corrected chi connectivity index (χ4v) is 0.994. The van der Waals surface area contributed by atoms with Gasteiger partial charge in [-0.2, -0.15) is 0 Å². The van der Waals surface area contributed by atoms with Gasteiger partial charge in [-0.1, -0.05) is 26.0 Å². The van der Waals surface area contributed by atoms with Gasteiger partial charge in [-0.05, 0) is 24.0 Å². The number of hydrogen-bond donors (Lipinski definition) is 1. The van der Waals surface area contributed by atoms with E-state index in [4.69, 9.17) is 5.41 Å². The minimum atomic E-state index is 0.536. The summed E-state index contributed by atoms with van der Waals surface area (Å²) in [7, 11) is 0. The van der Waals surface area contributed by atoms with Gasteiger partial charge in [-0.15, -0.1) is 0 Å². The molecule has 0 atom stereocenters. The molecule has 0 bridgehead atoms. The molecule has 0 spiro atoms. The van der Waals surface area contributed by atoms with E-state index in [1.165, 1.54) is 0 Å². The molecule has 0 aromatic heterocycles. The highest BCUT2D eigenvalue weighted by Crippen LogP contribution is 2.16. The highest BCUT2D eigenvalue weighted by atomic mass is 14.4. The lowest BCUT2D eigenvalue weighted by Crippen LogP contribution is -2.06. The lowest BCUT2D eigenvalue weighted by Gasteiger charge is -2.14. The Balaban J connectivity index is 2.62. The van der Waals surface area contributed by atoms with Crippen molar-refractivity contribution in [3.63, 3.8) is 0 Å². The summed E-state index contributed by atoms with van der Waals surface area (Å²) in [6.45, 7) is 4.38. The Morgan fingerprint density at radius 3 is 2.20 bits per heavy atom. The summed E-state index contributed by atoms with van der Waals surface area (Å²) >= 11 is 0. The molecule has 54 valence electrons. The lowest BCUT2D eigenvalue weighted by molar-refractivity contribution is 0.549. The lowest BCUT2D eigenvalue weighted by atomic mass is 9.92. The van der Waals surface area contributed by atoms with Gasteiger partial charge in [0.25, 0.3) is 0 Å². The predicted molar refractivity (Wildman–Crippen MR) is 44.3 cm³/mol. The highest BCUT2D eigenvalue weighted by molar-refractivity contribution is 6.02. The van der Waals surface area contributed by atoms with Crippen LogP contribution in [0.1, 0.15) is 13.8 Å². The molecule has 0 fully saturated rings. The van der Waals surface area contributed by atoms with Gasteiger partial charge >= 0.3 is 0 Å². The molecule has 1 N–H and O–H groups in total. The Labute approximate surface area is 62.0 Å². The first kappa shape index (κ1) is 7.26. The number of hydrogen-bond acceptors (Lipinski definition) is 1. The zero-order valence-electron chi connectivity index (χ0n) is 6.46. The molecule has 0 aromatic rings. The van der Waals surface area contributed by atoms with Crippen LogP contribution in [0.15, 0.2) is 24.3 Å². The van der Waals surface area contributed by atoms with Crippen LogP contribution in [-0.2, 0) is 0 Å². The molecule has 0 saturated heterocycles. The van der Waals surface area contributed by atoms with E-state index < -0.39 is 0 Å². The van der Waals surface area contributed by atoms with Crippen LogP contribution in [0.5, 0.6) is 0 Å². The van der Waals surface area contributed by atoms with Crippen molar-refractivity contribution in [2.24, 2.45) is 11.8 Å². The first-order valence-electron chi connectivity index (χ1n) is 3.65. The quantitative estimate of drug-likeness (QED) is 0.571. The number of nitrogens with one attached hydrogen (secondary N) is 1. The summed E-state index contributed by atoms with van der Waals surface area (Å²) in [6, 6.07) is 0. The summed E-state index contributed by atoms with van der Waals surface area (Å²) in [4.78, 5) is 0. The molecular weight excluding hydrogens is 122 g/mol. The van der Waals surface area contributed by atoms with Crippen LogP contribution < -0.4 is 0 Å². The molecular formula is C9H13N. The average molecular weight is 135 g/mol. The Bertz CT molecular complexity index is 171. The van der Waals surface area contributed by atoms with Crippen molar-refractivity contribution in [3.05, 3.63) is 24.3 Å². The standard InChI is InChI=1S/C9H13N/c1-7(2)8-3-5-9(10)6-4-8/h3-8,10H,1-2H3. The van der Waals surface area contributed by atoms with Crippen molar-refractivity contribution in [3.8, 4) is 0 Å². The molecule has 0 aliphatic heterocycles. The van der Waals surface area contributed by atoms with Gasteiger partial charge in [0, 0.05) is 0 Å². The number of allylic oxidation sites excluding steroid dienone is 4. The van der Waals surface area contributed by atoms with Gasteiger partial charge in [0.2, 0.25) is 0 Å². The second-order valence-corrected chi connectivity index (χ2v) is 2.99. The van der Waals surface area contributed by atoms with Gasteiger partial charge in [0.1, 0.15) is 0 Å². The van der Waals surface area contributed by atoms with Gasteiger partial charge in [-0.25, -0.2) is 0 Å². The van der Waals surface area contributed by atoms with Gasteiger partial charge in [-0.3, -0.25) is 0 Å². The first-order valence-corrected chi connectivity index (χ1v) is 3.65. The van der Waals surface area contributed by atoms with Crippen LogP contribution >= 0.6 is 0 Å². The molecule has 1 nitrogen and oxygen atoms in total. The molecule has 0 saturated carbocycles. The Hall–Kier alpha value is -0.850. The summed E-state index contributed by atoms with van der Waals surface area (Å²) in [5, 5.41) is 7.25. The van der Waals surface area contributed by atoms with E-state index >= 15 is 0 Å². The Morgan fingerprint density at radius 2 is 1.80 bits per heavy atom. The van der Waals surface area contributed by atoms with E-state index in [1.807, 2.05) is 12.2 Å². The van der Waals surface area contributed by atoms with Crippen molar-refractivity contribution < 1.29 is 0 Å². The fourth-order valence-electron chi connectivity index (χ4n) is 0.994. The minimum absolute atomic E-state index is 0.536. The average Bonchev–Trinajstić information content (AvgIpc) is 1.88. The van der Waals surface area contributed by atoms with Gasteiger partial charge in [0.15, 0.2) is 0 Å². The van der Waals surface area contributed by atoms with Crippen molar-refractivity contribution >= 4 is 5.71 Å². The van der Waals surface area contributed by atoms with E-state index in [1.54, 1.807) is 0 Å². The highest BCUT2D eigenvalue weighted by Gasteiger charge is 2.07. The smallest absolute Gasteiger partial charge is 0.0533 e. The summed E-state index contributed by atoms with van der Waals surface area (Å²) in [5.41, 5.74) is 0.608. The molecule has 1 aliphatic carbocycles. The Kier molecular flexibility index (Phi) is 2.05. The van der Waals surface area contributed by atoms with E-state index in [9.17, 15) is 0 Å². The van der Waals surface area contributed by atoms with Crippen molar-refractivity contribution in [2.75, 3.05) is 0 Å². The Morgan fingerprint density at radius 1 is 1.30 bits per heavy atom. The number of rotatable bonds is 1.